The first-order valence-corrected chi connectivity index (χ1v) is 9.91. The van der Waals surface area contributed by atoms with Crippen LogP contribution in [0.5, 0.6) is 0 Å². The van der Waals surface area contributed by atoms with E-state index in [2.05, 4.69) is 15.2 Å². The van der Waals surface area contributed by atoms with Crippen LogP contribution in [-0.4, -0.2) is 29.4 Å². The zero-order valence-electron chi connectivity index (χ0n) is 15.4. The van der Waals surface area contributed by atoms with Crippen molar-refractivity contribution in [2.75, 3.05) is 0 Å². The van der Waals surface area contributed by atoms with E-state index in [1.165, 1.54) is 32.6 Å². The van der Waals surface area contributed by atoms with Gasteiger partial charge in [0.1, 0.15) is 17.9 Å². The highest BCUT2D eigenvalue weighted by atomic mass is 32.1. The van der Waals surface area contributed by atoms with E-state index in [9.17, 15) is 14.3 Å². The second kappa shape index (κ2) is 7.32. The zero-order chi connectivity index (χ0) is 20.7. The molecule has 0 bridgehead atoms. The molecule has 4 aromatic heterocycles. The summed E-state index contributed by atoms with van der Waals surface area (Å²) in [4.78, 5) is 17.4. The highest BCUT2D eigenvalue weighted by Crippen LogP contribution is 2.25. The lowest BCUT2D eigenvalue weighted by Gasteiger charge is -2.03. The third-order valence-corrected chi connectivity index (χ3v) is 5.37. The van der Waals surface area contributed by atoms with E-state index in [4.69, 9.17) is 4.52 Å². The monoisotopic (exact) mass is 423 g/mol. The van der Waals surface area contributed by atoms with Gasteiger partial charge < -0.3 is 14.2 Å². The molecule has 0 unspecified atom stereocenters. The average molecular weight is 423 g/mol. The lowest BCUT2D eigenvalue weighted by Crippen LogP contribution is -2.22. The van der Waals surface area contributed by atoms with Crippen molar-refractivity contribution < 1.29 is 14.0 Å². The van der Waals surface area contributed by atoms with Gasteiger partial charge in [0.25, 0.3) is 5.56 Å². The second-order valence-electron chi connectivity index (χ2n) is 6.54. The van der Waals surface area contributed by atoms with Crippen LogP contribution in [0.4, 0.5) is 4.39 Å². The fourth-order valence-electron chi connectivity index (χ4n) is 3.24. The third kappa shape index (κ3) is 3.11. The Bertz CT molecular complexity index is 1390. The minimum atomic E-state index is -0.391. The van der Waals surface area contributed by atoms with Gasteiger partial charge in [-0.25, -0.2) is 8.91 Å². The van der Waals surface area contributed by atoms with Gasteiger partial charge in [0, 0.05) is 34.5 Å². The first kappa shape index (κ1) is 18.4. The Labute approximate surface area is 172 Å². The van der Waals surface area contributed by atoms with Gasteiger partial charge in [-0.1, -0.05) is 5.16 Å². The summed E-state index contributed by atoms with van der Waals surface area (Å²) in [6.07, 6.45) is 3.17. The topological polar surface area (TPSA) is 98.4 Å². The van der Waals surface area contributed by atoms with E-state index < -0.39 is 6.61 Å². The van der Waals surface area contributed by atoms with Crippen molar-refractivity contribution in [1.82, 2.24) is 24.3 Å². The smallest absolute Gasteiger partial charge is 0.277 e. The van der Waals surface area contributed by atoms with E-state index in [0.29, 0.717) is 22.6 Å². The summed E-state index contributed by atoms with van der Waals surface area (Å²) >= 11 is 1.53. The Hall–Kier alpha value is -3.63. The SMILES string of the molecule is O=c1c2c(CO)c(-c3ccc(F)cc3)nn2ccn1Cc1nc(-c2ccsc2)no1. The lowest BCUT2D eigenvalue weighted by molar-refractivity contribution is 0.283. The van der Waals surface area contributed by atoms with Crippen molar-refractivity contribution in [3.05, 3.63) is 81.1 Å². The Kier molecular flexibility index (Phi) is 4.49. The van der Waals surface area contributed by atoms with Gasteiger partial charge in [0.15, 0.2) is 0 Å². The van der Waals surface area contributed by atoms with Gasteiger partial charge in [-0.3, -0.25) is 4.79 Å². The maximum absolute atomic E-state index is 13.3. The molecule has 150 valence electrons. The summed E-state index contributed by atoms with van der Waals surface area (Å²) in [5.74, 6) is 0.364. The normalized spacial score (nSPS) is 11.4. The summed E-state index contributed by atoms with van der Waals surface area (Å²) in [6, 6.07) is 7.60. The minimum Gasteiger partial charge on any atom is -0.392 e. The molecule has 5 aromatic rings. The lowest BCUT2D eigenvalue weighted by atomic mass is 10.1. The standard InChI is InChI=1S/C20H14FN5O3S/c21-14-3-1-12(2-4-14)17-15(10-27)18-20(28)25(6-7-26(18)23-17)9-16-22-19(24-29-16)13-5-8-30-11-13/h1-8,11,27H,9-10H2. The van der Waals surface area contributed by atoms with Crippen LogP contribution < -0.4 is 5.56 Å². The molecule has 0 spiro atoms. The summed E-state index contributed by atoms with van der Waals surface area (Å²) in [7, 11) is 0. The molecule has 0 saturated carbocycles. The number of thiophene rings is 1. The van der Waals surface area contributed by atoms with Crippen molar-refractivity contribution in [3.63, 3.8) is 0 Å². The highest BCUT2D eigenvalue weighted by molar-refractivity contribution is 7.08. The summed E-state index contributed by atoms with van der Waals surface area (Å²) in [5, 5.41) is 22.1. The van der Waals surface area contributed by atoms with Crippen LogP contribution in [-0.2, 0) is 13.2 Å². The number of hydrogen-bond acceptors (Lipinski definition) is 7. The first-order valence-electron chi connectivity index (χ1n) is 8.96. The van der Waals surface area contributed by atoms with Gasteiger partial charge in [-0.2, -0.15) is 21.4 Å². The molecule has 1 aromatic carbocycles. The fourth-order valence-corrected chi connectivity index (χ4v) is 3.87. The van der Waals surface area contributed by atoms with Crippen molar-refractivity contribution in [1.29, 1.82) is 0 Å². The molecule has 0 amide bonds. The molecule has 0 aliphatic heterocycles. The molecule has 30 heavy (non-hydrogen) atoms. The zero-order valence-corrected chi connectivity index (χ0v) is 16.2. The number of rotatable bonds is 5. The third-order valence-electron chi connectivity index (χ3n) is 4.69. The Morgan fingerprint density at radius 3 is 2.70 bits per heavy atom. The van der Waals surface area contributed by atoms with Crippen molar-refractivity contribution in [2.45, 2.75) is 13.2 Å². The molecule has 5 rings (SSSR count). The highest BCUT2D eigenvalue weighted by Gasteiger charge is 2.19. The molecule has 4 heterocycles. The Morgan fingerprint density at radius 1 is 1.13 bits per heavy atom. The molecule has 1 N–H and O–H groups in total. The second-order valence-corrected chi connectivity index (χ2v) is 7.32. The molecule has 0 aliphatic carbocycles. The van der Waals surface area contributed by atoms with Crippen LogP contribution in [0.1, 0.15) is 11.5 Å². The minimum absolute atomic E-state index is 0.0778. The molecule has 0 aliphatic rings. The molecule has 8 nitrogen and oxygen atoms in total. The quantitative estimate of drug-likeness (QED) is 0.467. The largest absolute Gasteiger partial charge is 0.392 e. The number of halogens is 1. The predicted octanol–water partition coefficient (Wildman–Crippen LogP) is 2.95. The number of fused-ring (bicyclic) bond motifs is 1. The molecule has 0 saturated heterocycles. The van der Waals surface area contributed by atoms with E-state index >= 15 is 0 Å². The van der Waals surface area contributed by atoms with Crippen LogP contribution in [0, 0.1) is 5.82 Å². The number of hydrogen-bond donors (Lipinski definition) is 1. The van der Waals surface area contributed by atoms with E-state index in [0.717, 1.165) is 5.56 Å². The van der Waals surface area contributed by atoms with Gasteiger partial charge >= 0.3 is 0 Å². The van der Waals surface area contributed by atoms with Crippen LogP contribution in [0.25, 0.3) is 28.2 Å². The van der Waals surface area contributed by atoms with Gasteiger partial charge in [0.05, 0.1) is 12.3 Å². The van der Waals surface area contributed by atoms with Crippen molar-refractivity contribution >= 4 is 16.9 Å². The summed E-state index contributed by atoms with van der Waals surface area (Å²) in [6.45, 7) is -0.313. The number of aromatic nitrogens is 5. The van der Waals surface area contributed by atoms with E-state index in [1.807, 2.05) is 16.8 Å². The van der Waals surface area contributed by atoms with Gasteiger partial charge in [0.2, 0.25) is 11.7 Å². The Morgan fingerprint density at radius 2 is 1.97 bits per heavy atom. The molecule has 10 heteroatoms. The molecular weight excluding hydrogens is 409 g/mol. The number of aliphatic hydroxyl groups excluding tert-OH is 1. The van der Waals surface area contributed by atoms with Crippen LogP contribution in [0.3, 0.4) is 0 Å². The van der Waals surface area contributed by atoms with E-state index in [1.54, 1.807) is 24.5 Å². The summed E-state index contributed by atoms with van der Waals surface area (Å²) in [5.41, 5.74) is 2.11. The maximum atomic E-state index is 13.3. The predicted molar refractivity (Wildman–Crippen MR) is 107 cm³/mol. The van der Waals surface area contributed by atoms with Crippen LogP contribution >= 0.6 is 11.3 Å². The Balaban J connectivity index is 1.55. The van der Waals surface area contributed by atoms with Crippen LogP contribution in [0.15, 0.2) is 62.8 Å². The average Bonchev–Trinajstić information content (AvgIpc) is 3.50. The number of benzene rings is 1. The first-order chi connectivity index (χ1) is 14.6. The van der Waals surface area contributed by atoms with Crippen molar-refractivity contribution in [3.8, 4) is 22.6 Å². The van der Waals surface area contributed by atoms with Gasteiger partial charge in [-0.15, -0.1) is 0 Å². The fraction of sp³-hybridized carbons (Fsp3) is 0.100. The molecule has 0 radical (unpaired) electrons. The number of aliphatic hydroxyl groups is 1. The number of nitrogens with zero attached hydrogens (tertiary/aromatic N) is 5. The van der Waals surface area contributed by atoms with Gasteiger partial charge in [-0.05, 0) is 35.7 Å². The molecule has 0 fully saturated rings. The maximum Gasteiger partial charge on any atom is 0.277 e. The van der Waals surface area contributed by atoms with Crippen LogP contribution in [0.2, 0.25) is 0 Å². The molecular formula is C20H14FN5O3S. The molecule has 0 atom stereocenters. The summed E-state index contributed by atoms with van der Waals surface area (Å²) < 4.78 is 21.4. The van der Waals surface area contributed by atoms with Crippen molar-refractivity contribution in [2.24, 2.45) is 0 Å². The van der Waals surface area contributed by atoms with E-state index in [-0.39, 0.29) is 29.3 Å².